The Balaban J connectivity index is 1.64. The van der Waals surface area contributed by atoms with Gasteiger partial charge in [-0.05, 0) is 44.0 Å². The monoisotopic (exact) mass is 202 g/mol. The maximum Gasteiger partial charge on any atom is 0.0303 e. The molecule has 1 saturated carbocycles. The first-order chi connectivity index (χ1) is 7.45. The standard InChI is InChI=1S/C13H18N2/c1-2-7-15(8-3-1)13-9-12(13)11-5-4-6-14-10-11/h4-6,10,12-13H,1-3,7-9H2. The van der Waals surface area contributed by atoms with Crippen LogP contribution in [0.4, 0.5) is 0 Å². The number of nitrogens with zero attached hydrogens (tertiary/aromatic N) is 2. The molecule has 2 atom stereocenters. The fraction of sp³-hybridized carbons (Fsp3) is 0.615. The van der Waals surface area contributed by atoms with Gasteiger partial charge in [-0.15, -0.1) is 0 Å². The molecule has 2 heterocycles. The van der Waals surface area contributed by atoms with Gasteiger partial charge >= 0.3 is 0 Å². The van der Waals surface area contributed by atoms with Crippen LogP contribution >= 0.6 is 0 Å². The summed E-state index contributed by atoms with van der Waals surface area (Å²) in [6, 6.07) is 5.11. The van der Waals surface area contributed by atoms with E-state index >= 15 is 0 Å². The second kappa shape index (κ2) is 3.93. The molecule has 3 rings (SSSR count). The predicted molar refractivity (Wildman–Crippen MR) is 60.8 cm³/mol. The first kappa shape index (κ1) is 9.34. The highest BCUT2D eigenvalue weighted by Gasteiger charge is 2.42. The summed E-state index contributed by atoms with van der Waals surface area (Å²) in [4.78, 5) is 6.89. The van der Waals surface area contributed by atoms with E-state index in [1.807, 2.05) is 12.4 Å². The van der Waals surface area contributed by atoms with Gasteiger partial charge in [0.2, 0.25) is 0 Å². The van der Waals surface area contributed by atoms with Gasteiger partial charge in [0.05, 0.1) is 0 Å². The zero-order valence-electron chi connectivity index (χ0n) is 9.10. The van der Waals surface area contributed by atoms with Crippen LogP contribution in [0.15, 0.2) is 24.5 Å². The molecule has 15 heavy (non-hydrogen) atoms. The van der Waals surface area contributed by atoms with E-state index in [-0.39, 0.29) is 0 Å². The molecule has 0 radical (unpaired) electrons. The van der Waals surface area contributed by atoms with Crippen LogP contribution in [-0.2, 0) is 0 Å². The Bertz CT molecular complexity index is 317. The van der Waals surface area contributed by atoms with Crippen LogP contribution in [0.1, 0.15) is 37.2 Å². The van der Waals surface area contributed by atoms with Crippen molar-refractivity contribution in [2.24, 2.45) is 0 Å². The maximum absolute atomic E-state index is 4.21. The van der Waals surface area contributed by atoms with Crippen LogP contribution in [-0.4, -0.2) is 29.0 Å². The van der Waals surface area contributed by atoms with Crippen molar-refractivity contribution in [2.45, 2.75) is 37.6 Å². The number of hydrogen-bond acceptors (Lipinski definition) is 2. The number of rotatable bonds is 2. The van der Waals surface area contributed by atoms with Crippen molar-refractivity contribution in [1.29, 1.82) is 0 Å². The largest absolute Gasteiger partial charge is 0.300 e. The molecule has 2 fully saturated rings. The normalized spacial score (nSPS) is 31.5. The SMILES string of the molecule is c1cncc(C2CC2N2CCCCC2)c1. The van der Waals surface area contributed by atoms with Crippen LogP contribution in [0.25, 0.3) is 0 Å². The second-order valence-corrected chi connectivity index (χ2v) is 4.79. The Morgan fingerprint density at radius 1 is 1.20 bits per heavy atom. The third kappa shape index (κ3) is 1.91. The van der Waals surface area contributed by atoms with Crippen molar-refractivity contribution in [2.75, 3.05) is 13.1 Å². The van der Waals surface area contributed by atoms with Crippen molar-refractivity contribution in [3.8, 4) is 0 Å². The Kier molecular flexibility index (Phi) is 2.45. The van der Waals surface area contributed by atoms with E-state index in [1.54, 1.807) is 0 Å². The average molecular weight is 202 g/mol. The number of likely N-dealkylation sites (tertiary alicyclic amines) is 1. The summed E-state index contributed by atoms with van der Waals surface area (Å²) < 4.78 is 0. The third-order valence-electron chi connectivity index (χ3n) is 3.73. The Morgan fingerprint density at radius 3 is 2.80 bits per heavy atom. The molecule has 0 aromatic carbocycles. The minimum absolute atomic E-state index is 0.775. The molecular weight excluding hydrogens is 184 g/mol. The van der Waals surface area contributed by atoms with Crippen molar-refractivity contribution in [3.05, 3.63) is 30.1 Å². The van der Waals surface area contributed by atoms with Crippen LogP contribution in [0.2, 0.25) is 0 Å². The lowest BCUT2D eigenvalue weighted by Crippen LogP contribution is -2.32. The van der Waals surface area contributed by atoms with Gasteiger partial charge in [0.15, 0.2) is 0 Å². The van der Waals surface area contributed by atoms with E-state index in [1.165, 1.54) is 44.3 Å². The van der Waals surface area contributed by atoms with Gasteiger partial charge in [0, 0.05) is 24.4 Å². The summed E-state index contributed by atoms with van der Waals surface area (Å²) in [7, 11) is 0. The summed E-state index contributed by atoms with van der Waals surface area (Å²) in [5.74, 6) is 0.775. The van der Waals surface area contributed by atoms with Crippen LogP contribution in [0.5, 0.6) is 0 Å². The van der Waals surface area contributed by atoms with Crippen LogP contribution in [0.3, 0.4) is 0 Å². The van der Waals surface area contributed by atoms with Gasteiger partial charge in [-0.3, -0.25) is 9.88 Å². The van der Waals surface area contributed by atoms with Crippen LogP contribution in [0, 0.1) is 0 Å². The smallest absolute Gasteiger partial charge is 0.0303 e. The minimum atomic E-state index is 0.775. The van der Waals surface area contributed by atoms with Gasteiger partial charge < -0.3 is 0 Å². The lowest BCUT2D eigenvalue weighted by molar-refractivity contribution is 0.216. The molecule has 80 valence electrons. The van der Waals surface area contributed by atoms with E-state index in [2.05, 4.69) is 22.0 Å². The van der Waals surface area contributed by atoms with Gasteiger partial charge in [0.25, 0.3) is 0 Å². The molecule has 1 aromatic rings. The molecule has 0 amide bonds. The molecule has 2 aliphatic rings. The quantitative estimate of drug-likeness (QED) is 0.732. The molecule has 0 spiro atoms. The second-order valence-electron chi connectivity index (χ2n) is 4.79. The summed E-state index contributed by atoms with van der Waals surface area (Å²) in [6.07, 6.45) is 9.48. The van der Waals surface area contributed by atoms with Gasteiger partial charge in [-0.25, -0.2) is 0 Å². The first-order valence-electron chi connectivity index (χ1n) is 6.09. The zero-order valence-corrected chi connectivity index (χ0v) is 9.10. The van der Waals surface area contributed by atoms with E-state index in [9.17, 15) is 0 Å². The fourth-order valence-corrected chi connectivity index (χ4v) is 2.79. The van der Waals surface area contributed by atoms with E-state index in [0.717, 1.165) is 12.0 Å². The number of pyridine rings is 1. The first-order valence-corrected chi connectivity index (χ1v) is 6.09. The van der Waals surface area contributed by atoms with Crippen molar-refractivity contribution in [3.63, 3.8) is 0 Å². The Labute approximate surface area is 91.3 Å². The molecular formula is C13H18N2. The van der Waals surface area contributed by atoms with Gasteiger partial charge in [0.1, 0.15) is 0 Å². The minimum Gasteiger partial charge on any atom is -0.300 e. The summed E-state index contributed by atoms with van der Waals surface area (Å²) in [5, 5.41) is 0. The highest BCUT2D eigenvalue weighted by atomic mass is 15.2. The number of aromatic nitrogens is 1. The van der Waals surface area contributed by atoms with Crippen molar-refractivity contribution >= 4 is 0 Å². The summed E-state index contributed by atoms with van der Waals surface area (Å²) >= 11 is 0. The highest BCUT2D eigenvalue weighted by Crippen LogP contribution is 2.45. The van der Waals surface area contributed by atoms with Crippen LogP contribution < -0.4 is 0 Å². The summed E-state index contributed by atoms with van der Waals surface area (Å²) in [5.41, 5.74) is 1.44. The van der Waals surface area contributed by atoms with Crippen molar-refractivity contribution in [1.82, 2.24) is 9.88 Å². The van der Waals surface area contributed by atoms with E-state index in [4.69, 9.17) is 0 Å². The maximum atomic E-state index is 4.21. The molecule has 1 saturated heterocycles. The Hall–Kier alpha value is -0.890. The lowest BCUT2D eigenvalue weighted by Gasteiger charge is -2.26. The molecule has 1 aliphatic heterocycles. The lowest BCUT2D eigenvalue weighted by atomic mass is 10.1. The molecule has 0 N–H and O–H groups in total. The fourth-order valence-electron chi connectivity index (χ4n) is 2.79. The number of piperidine rings is 1. The van der Waals surface area contributed by atoms with E-state index in [0.29, 0.717) is 0 Å². The topological polar surface area (TPSA) is 16.1 Å². The third-order valence-corrected chi connectivity index (χ3v) is 3.73. The molecule has 0 bridgehead atoms. The molecule has 2 heteroatoms. The summed E-state index contributed by atoms with van der Waals surface area (Å²) in [6.45, 7) is 2.64. The zero-order chi connectivity index (χ0) is 10.1. The van der Waals surface area contributed by atoms with E-state index < -0.39 is 0 Å². The van der Waals surface area contributed by atoms with Gasteiger partial charge in [-0.1, -0.05) is 12.5 Å². The molecule has 1 aliphatic carbocycles. The number of hydrogen-bond donors (Lipinski definition) is 0. The average Bonchev–Trinajstić information content (AvgIpc) is 3.11. The molecule has 2 nitrogen and oxygen atoms in total. The Morgan fingerprint density at radius 2 is 2.07 bits per heavy atom. The molecule has 1 aromatic heterocycles. The van der Waals surface area contributed by atoms with Crippen molar-refractivity contribution < 1.29 is 0 Å². The highest BCUT2D eigenvalue weighted by molar-refractivity contribution is 5.25. The molecule has 2 unspecified atom stereocenters. The predicted octanol–water partition coefficient (Wildman–Crippen LogP) is 2.42. The van der Waals surface area contributed by atoms with Gasteiger partial charge in [-0.2, -0.15) is 0 Å².